The molecule has 1 aromatic rings. The molecule has 2 N–H and O–H groups in total. The lowest BCUT2D eigenvalue weighted by molar-refractivity contribution is -0.150. The van der Waals surface area contributed by atoms with Crippen LogP contribution < -0.4 is 10.6 Å². The van der Waals surface area contributed by atoms with Gasteiger partial charge in [-0.1, -0.05) is 0 Å². The summed E-state index contributed by atoms with van der Waals surface area (Å²) in [5.41, 5.74) is 2.38. The van der Waals surface area contributed by atoms with Gasteiger partial charge in [0.25, 0.3) is 5.91 Å². The average molecular weight is 402 g/mol. The Kier molecular flexibility index (Phi) is 7.56. The number of aryl methyl sites for hydroxylation is 1. The summed E-state index contributed by atoms with van der Waals surface area (Å²) < 4.78 is 12.8. The van der Waals surface area contributed by atoms with Gasteiger partial charge in [0, 0.05) is 31.6 Å². The molecule has 3 amide bonds. The van der Waals surface area contributed by atoms with Gasteiger partial charge in [-0.25, -0.2) is 9.59 Å². The number of carbonyl (C=O) groups is 3. The van der Waals surface area contributed by atoms with Crippen molar-refractivity contribution in [2.24, 2.45) is 0 Å². The van der Waals surface area contributed by atoms with E-state index in [2.05, 4.69) is 9.88 Å². The number of carbonyl (C=O) groups excluding carboxylic acids is 3. The van der Waals surface area contributed by atoms with E-state index in [1.807, 2.05) is 31.3 Å². The maximum Gasteiger partial charge on any atom is 0.349 e. The van der Waals surface area contributed by atoms with Crippen molar-refractivity contribution in [1.82, 2.24) is 15.2 Å². The molecule has 0 saturated carbocycles. The molecule has 0 radical (unpaired) electrons. The molecule has 29 heavy (non-hydrogen) atoms. The number of nitrogens with one attached hydrogen (secondary N) is 2. The van der Waals surface area contributed by atoms with Crippen molar-refractivity contribution in [2.45, 2.75) is 52.4 Å². The van der Waals surface area contributed by atoms with E-state index in [9.17, 15) is 19.6 Å². The zero-order chi connectivity index (χ0) is 21.6. The molecule has 1 fully saturated rings. The predicted molar refractivity (Wildman–Crippen MR) is 105 cm³/mol. The van der Waals surface area contributed by atoms with Gasteiger partial charge < -0.3 is 19.4 Å². The minimum Gasteiger partial charge on any atom is -0.448 e. The van der Waals surface area contributed by atoms with Gasteiger partial charge in [-0.3, -0.25) is 10.1 Å². The number of imide groups is 1. The highest BCUT2D eigenvalue weighted by molar-refractivity contribution is 6.01. The van der Waals surface area contributed by atoms with Gasteiger partial charge in [-0.15, -0.1) is 0 Å². The number of hydrogen-bond donors (Lipinski definition) is 2. The Labute approximate surface area is 169 Å². The Balaban J connectivity index is 2.12. The van der Waals surface area contributed by atoms with Crippen LogP contribution in [0.2, 0.25) is 0 Å². The van der Waals surface area contributed by atoms with E-state index in [0.717, 1.165) is 36.4 Å². The van der Waals surface area contributed by atoms with E-state index in [0.29, 0.717) is 6.54 Å². The molecule has 2 rings (SSSR count). The standard InChI is InChI=1S/C20H26N4O5/c1-12-8-15(13(2)24(12)11-17-6-5-7-28-17)9-16(10-21)19(26)29-14(3)18(25)23-20(27)22-4/h8-9,14,17H,5-7,11H2,1-4H3,(H2,22,23,25,27)/b16-9+/t14-,17-/m1/s1. The highest BCUT2D eigenvalue weighted by atomic mass is 16.5. The second-order valence-electron chi connectivity index (χ2n) is 6.86. The van der Waals surface area contributed by atoms with E-state index in [1.165, 1.54) is 20.0 Å². The lowest BCUT2D eigenvalue weighted by atomic mass is 10.1. The molecule has 2 atom stereocenters. The van der Waals surface area contributed by atoms with Crippen molar-refractivity contribution in [3.63, 3.8) is 0 Å². The SMILES string of the molecule is CNC(=O)NC(=O)[C@@H](C)OC(=O)/C(C#N)=C/c1cc(C)n(C[C@H]2CCCO2)c1C. The molecule has 0 aromatic carbocycles. The molecule has 1 aliphatic rings. The monoisotopic (exact) mass is 402 g/mol. The third kappa shape index (κ3) is 5.68. The van der Waals surface area contributed by atoms with E-state index >= 15 is 0 Å². The number of nitrogens with zero attached hydrogens (tertiary/aromatic N) is 2. The van der Waals surface area contributed by atoms with Crippen molar-refractivity contribution in [2.75, 3.05) is 13.7 Å². The summed E-state index contributed by atoms with van der Waals surface area (Å²) in [6.45, 7) is 6.67. The zero-order valence-corrected chi connectivity index (χ0v) is 17.1. The molecule has 1 aliphatic heterocycles. The number of amides is 3. The summed E-state index contributed by atoms with van der Waals surface area (Å²) in [5.74, 6) is -1.72. The first kappa shape index (κ1) is 22.2. The van der Waals surface area contributed by atoms with Gasteiger partial charge in [-0.05, 0) is 51.3 Å². The third-order valence-electron chi connectivity index (χ3n) is 4.78. The fraction of sp³-hybridized carbons (Fsp3) is 0.500. The minimum atomic E-state index is -1.23. The van der Waals surface area contributed by atoms with Crippen LogP contribution in [0.5, 0.6) is 0 Å². The number of urea groups is 1. The molecule has 0 unspecified atom stereocenters. The van der Waals surface area contributed by atoms with Gasteiger partial charge >= 0.3 is 12.0 Å². The lowest BCUT2D eigenvalue weighted by Gasteiger charge is -2.14. The highest BCUT2D eigenvalue weighted by Crippen LogP contribution is 2.22. The number of rotatable bonds is 6. The van der Waals surface area contributed by atoms with Crippen LogP contribution in [0.3, 0.4) is 0 Å². The summed E-state index contributed by atoms with van der Waals surface area (Å²) in [6.07, 6.45) is 2.43. The number of nitriles is 1. The molecule has 1 aromatic heterocycles. The Morgan fingerprint density at radius 1 is 1.45 bits per heavy atom. The van der Waals surface area contributed by atoms with Crippen LogP contribution >= 0.6 is 0 Å². The number of aromatic nitrogens is 1. The van der Waals surface area contributed by atoms with Crippen LogP contribution in [-0.4, -0.2) is 48.3 Å². The number of esters is 1. The lowest BCUT2D eigenvalue weighted by Crippen LogP contribution is -2.43. The topological polar surface area (TPSA) is 122 Å². The molecular formula is C20H26N4O5. The minimum absolute atomic E-state index is 0.164. The quantitative estimate of drug-likeness (QED) is 0.423. The average Bonchev–Trinajstić information content (AvgIpc) is 3.29. The summed E-state index contributed by atoms with van der Waals surface area (Å²) >= 11 is 0. The molecule has 1 saturated heterocycles. The van der Waals surface area contributed by atoms with E-state index in [4.69, 9.17) is 9.47 Å². The second kappa shape index (κ2) is 9.89. The van der Waals surface area contributed by atoms with Crippen molar-refractivity contribution in [1.29, 1.82) is 5.26 Å². The normalized spacial score (nSPS) is 17.3. The maximum absolute atomic E-state index is 12.3. The fourth-order valence-electron chi connectivity index (χ4n) is 3.09. The zero-order valence-electron chi connectivity index (χ0n) is 17.1. The van der Waals surface area contributed by atoms with Crippen LogP contribution in [-0.2, 0) is 25.6 Å². The first-order valence-electron chi connectivity index (χ1n) is 9.40. The van der Waals surface area contributed by atoms with Crippen molar-refractivity contribution in [3.05, 3.63) is 28.6 Å². The van der Waals surface area contributed by atoms with Gasteiger partial charge in [0.1, 0.15) is 11.6 Å². The second-order valence-corrected chi connectivity index (χ2v) is 6.86. The summed E-state index contributed by atoms with van der Waals surface area (Å²) in [5, 5.41) is 13.6. The highest BCUT2D eigenvalue weighted by Gasteiger charge is 2.23. The largest absolute Gasteiger partial charge is 0.448 e. The van der Waals surface area contributed by atoms with Crippen LogP contribution in [0.4, 0.5) is 4.79 Å². The van der Waals surface area contributed by atoms with E-state index in [1.54, 1.807) is 0 Å². The maximum atomic E-state index is 12.3. The Hall–Kier alpha value is -3.12. The van der Waals surface area contributed by atoms with Crippen LogP contribution in [0.25, 0.3) is 6.08 Å². The van der Waals surface area contributed by atoms with Crippen LogP contribution in [0.1, 0.15) is 36.7 Å². The third-order valence-corrected chi connectivity index (χ3v) is 4.78. The summed E-state index contributed by atoms with van der Waals surface area (Å²) in [6, 6.07) is 2.99. The molecule has 9 heteroatoms. The first-order valence-corrected chi connectivity index (χ1v) is 9.40. The van der Waals surface area contributed by atoms with Crippen LogP contribution in [0, 0.1) is 25.2 Å². The van der Waals surface area contributed by atoms with Gasteiger partial charge in [-0.2, -0.15) is 5.26 Å². The summed E-state index contributed by atoms with van der Waals surface area (Å²) in [4.78, 5) is 35.3. The van der Waals surface area contributed by atoms with Crippen molar-refractivity contribution >= 4 is 24.0 Å². The molecule has 0 aliphatic carbocycles. The van der Waals surface area contributed by atoms with Crippen LogP contribution in [0.15, 0.2) is 11.6 Å². The number of hydrogen-bond acceptors (Lipinski definition) is 6. The smallest absolute Gasteiger partial charge is 0.349 e. The Morgan fingerprint density at radius 2 is 2.17 bits per heavy atom. The molecule has 9 nitrogen and oxygen atoms in total. The number of ether oxygens (including phenoxy) is 2. The van der Waals surface area contributed by atoms with Crippen molar-refractivity contribution < 1.29 is 23.9 Å². The molecular weight excluding hydrogens is 376 g/mol. The van der Waals surface area contributed by atoms with Gasteiger partial charge in [0.2, 0.25) is 0 Å². The Morgan fingerprint density at radius 3 is 2.76 bits per heavy atom. The molecule has 2 heterocycles. The van der Waals surface area contributed by atoms with E-state index < -0.39 is 24.0 Å². The van der Waals surface area contributed by atoms with E-state index in [-0.39, 0.29) is 11.7 Å². The first-order chi connectivity index (χ1) is 13.8. The van der Waals surface area contributed by atoms with Gasteiger partial charge in [0.15, 0.2) is 6.10 Å². The van der Waals surface area contributed by atoms with Gasteiger partial charge in [0.05, 0.1) is 6.10 Å². The van der Waals surface area contributed by atoms with Crippen molar-refractivity contribution in [3.8, 4) is 6.07 Å². The molecule has 156 valence electrons. The molecule has 0 bridgehead atoms. The predicted octanol–water partition coefficient (Wildman–Crippen LogP) is 1.58. The Bertz CT molecular complexity index is 859. The summed E-state index contributed by atoms with van der Waals surface area (Å²) in [7, 11) is 1.35. The molecule has 0 spiro atoms. The fourth-order valence-corrected chi connectivity index (χ4v) is 3.09.